The van der Waals surface area contributed by atoms with Crippen molar-refractivity contribution in [3.8, 4) is 0 Å². The van der Waals surface area contributed by atoms with Crippen molar-refractivity contribution < 1.29 is 14.3 Å². The first-order valence-corrected chi connectivity index (χ1v) is 8.86. The van der Waals surface area contributed by atoms with Crippen LogP contribution in [0, 0.1) is 0 Å². The molecule has 1 aliphatic rings. The van der Waals surface area contributed by atoms with Crippen LogP contribution in [-0.2, 0) is 4.74 Å². The van der Waals surface area contributed by atoms with Gasteiger partial charge in [-0.2, -0.15) is 0 Å². The van der Waals surface area contributed by atoms with E-state index in [-0.39, 0.29) is 18.0 Å². The smallest absolute Gasteiger partial charge is 0.339 e. The van der Waals surface area contributed by atoms with Crippen LogP contribution in [0.15, 0.2) is 36.4 Å². The Kier molecular flexibility index (Phi) is 5.30. The van der Waals surface area contributed by atoms with Crippen molar-refractivity contribution in [1.82, 2.24) is 0 Å². The molecule has 1 N–H and O–H groups in total. The first kappa shape index (κ1) is 17.8. The van der Waals surface area contributed by atoms with Crippen molar-refractivity contribution in [3.63, 3.8) is 0 Å². The zero-order valence-corrected chi connectivity index (χ0v) is 15.2. The van der Waals surface area contributed by atoms with E-state index in [1.54, 1.807) is 36.4 Å². The number of esters is 1. The summed E-state index contributed by atoms with van der Waals surface area (Å²) in [5.41, 5.74) is 2.13. The van der Waals surface area contributed by atoms with Gasteiger partial charge in [0.15, 0.2) is 0 Å². The fourth-order valence-electron chi connectivity index (χ4n) is 2.80. The minimum atomic E-state index is -0.379. The number of hydrogen-bond donors (Lipinski definition) is 1. The molecule has 3 rings (SSSR count). The summed E-state index contributed by atoms with van der Waals surface area (Å²) in [4.78, 5) is 24.5. The average molecular weight is 378 g/mol. The number of carbonyl (C=O) groups excluding carboxylic acids is 2. The Balaban J connectivity index is 1.81. The van der Waals surface area contributed by atoms with Gasteiger partial charge >= 0.3 is 5.97 Å². The van der Waals surface area contributed by atoms with E-state index >= 15 is 0 Å². The van der Waals surface area contributed by atoms with Crippen LogP contribution in [0.1, 0.15) is 58.6 Å². The Morgan fingerprint density at radius 2 is 2.00 bits per heavy atom. The fraction of sp³-hybridized carbons (Fsp3) is 0.263. The van der Waals surface area contributed by atoms with Crippen molar-refractivity contribution in [2.45, 2.75) is 32.3 Å². The molecule has 1 unspecified atom stereocenters. The predicted molar refractivity (Wildman–Crippen MR) is 98.5 cm³/mol. The van der Waals surface area contributed by atoms with Crippen LogP contribution >= 0.6 is 23.2 Å². The van der Waals surface area contributed by atoms with Crippen molar-refractivity contribution in [2.75, 3.05) is 5.32 Å². The second-order valence-electron chi connectivity index (χ2n) is 5.92. The number of rotatable bonds is 5. The van der Waals surface area contributed by atoms with Gasteiger partial charge in [0.1, 0.15) is 6.10 Å². The van der Waals surface area contributed by atoms with E-state index in [9.17, 15) is 9.59 Å². The molecular weight excluding hydrogens is 361 g/mol. The van der Waals surface area contributed by atoms with Crippen molar-refractivity contribution in [1.29, 1.82) is 0 Å². The maximum Gasteiger partial charge on any atom is 0.339 e. The highest BCUT2D eigenvalue weighted by molar-refractivity contribution is 6.36. The van der Waals surface area contributed by atoms with E-state index < -0.39 is 0 Å². The third-order valence-corrected chi connectivity index (χ3v) is 4.68. The lowest BCUT2D eigenvalue weighted by atomic mass is 9.99. The summed E-state index contributed by atoms with van der Waals surface area (Å²) in [6.45, 7) is 2.09. The predicted octanol–water partition coefficient (Wildman–Crippen LogP) is 5.65. The summed E-state index contributed by atoms with van der Waals surface area (Å²) < 4.78 is 5.41. The first-order chi connectivity index (χ1) is 12.0. The normalized spacial score (nSPS) is 15.6. The molecule has 1 atom stereocenters. The molecule has 0 fully saturated rings. The highest BCUT2D eigenvalue weighted by Crippen LogP contribution is 2.35. The summed E-state index contributed by atoms with van der Waals surface area (Å²) in [7, 11) is 0. The van der Waals surface area contributed by atoms with E-state index in [2.05, 4.69) is 12.2 Å². The van der Waals surface area contributed by atoms with Crippen LogP contribution in [0.25, 0.3) is 0 Å². The Morgan fingerprint density at radius 3 is 2.72 bits per heavy atom. The van der Waals surface area contributed by atoms with Crippen LogP contribution < -0.4 is 5.32 Å². The lowest BCUT2D eigenvalue weighted by Gasteiger charge is -2.10. The van der Waals surface area contributed by atoms with Gasteiger partial charge in [-0.05, 0) is 43.2 Å². The number of ether oxygens (including phenoxy) is 1. The molecule has 4 nitrogen and oxygen atoms in total. The summed E-state index contributed by atoms with van der Waals surface area (Å²) in [5, 5.41) is 3.56. The van der Waals surface area contributed by atoms with Gasteiger partial charge in [-0.1, -0.05) is 42.6 Å². The number of amides is 1. The second-order valence-corrected chi connectivity index (χ2v) is 6.76. The Hall–Kier alpha value is -2.04. The number of hydrogen-bond acceptors (Lipinski definition) is 3. The van der Waals surface area contributed by atoms with Crippen LogP contribution in [0.2, 0.25) is 10.0 Å². The van der Waals surface area contributed by atoms with Gasteiger partial charge in [0.2, 0.25) is 0 Å². The van der Waals surface area contributed by atoms with Crippen molar-refractivity contribution in [2.24, 2.45) is 0 Å². The summed E-state index contributed by atoms with van der Waals surface area (Å²) in [5.74, 6) is -0.730. The standard InChI is InChI=1S/C19H17Cl2NO3/c1-2-3-4-17-13-7-5-11(9-14(13)19(24)25-17)18(23)22-16-8-6-12(20)10-15(16)21/h5-10,17H,2-4H2,1H3,(H,22,23). The molecule has 1 heterocycles. The van der Waals surface area contributed by atoms with E-state index in [1.807, 2.05) is 0 Å². The number of unbranched alkanes of at least 4 members (excludes halogenated alkanes) is 1. The maximum absolute atomic E-state index is 12.5. The molecular formula is C19H17Cl2NO3. The SMILES string of the molecule is CCCCC1OC(=O)c2cc(C(=O)Nc3ccc(Cl)cc3Cl)ccc21. The first-order valence-electron chi connectivity index (χ1n) is 8.11. The number of nitrogens with one attached hydrogen (secondary N) is 1. The van der Waals surface area contributed by atoms with Crippen LogP contribution in [0.5, 0.6) is 0 Å². The number of anilines is 1. The maximum atomic E-state index is 12.5. The minimum absolute atomic E-state index is 0.217. The quantitative estimate of drug-likeness (QED) is 0.685. The minimum Gasteiger partial charge on any atom is -0.454 e. The lowest BCUT2D eigenvalue weighted by molar-refractivity contribution is 0.0364. The third-order valence-electron chi connectivity index (χ3n) is 4.13. The van der Waals surface area contributed by atoms with E-state index in [0.717, 1.165) is 24.8 Å². The number of benzene rings is 2. The molecule has 0 radical (unpaired) electrons. The molecule has 0 saturated carbocycles. The number of fused-ring (bicyclic) bond motifs is 1. The topological polar surface area (TPSA) is 55.4 Å². The monoisotopic (exact) mass is 377 g/mol. The molecule has 1 amide bonds. The number of carbonyl (C=O) groups is 2. The molecule has 1 aliphatic heterocycles. The lowest BCUT2D eigenvalue weighted by Crippen LogP contribution is -2.13. The van der Waals surface area contributed by atoms with Crippen molar-refractivity contribution >= 4 is 40.8 Å². The Bertz CT molecular complexity index is 835. The van der Waals surface area contributed by atoms with E-state index in [4.69, 9.17) is 27.9 Å². The molecule has 0 spiro atoms. The zero-order valence-electron chi connectivity index (χ0n) is 13.6. The molecule has 130 valence electrons. The highest BCUT2D eigenvalue weighted by atomic mass is 35.5. The van der Waals surface area contributed by atoms with Crippen LogP contribution in [0.3, 0.4) is 0 Å². The summed E-state index contributed by atoms with van der Waals surface area (Å²) in [6.07, 6.45) is 2.59. The Morgan fingerprint density at radius 1 is 1.20 bits per heavy atom. The average Bonchev–Trinajstić information content (AvgIpc) is 2.91. The fourth-order valence-corrected chi connectivity index (χ4v) is 3.26. The molecule has 0 saturated heterocycles. The van der Waals surface area contributed by atoms with Gasteiger partial charge in [-0.25, -0.2) is 4.79 Å². The zero-order chi connectivity index (χ0) is 18.0. The van der Waals surface area contributed by atoms with Crippen molar-refractivity contribution in [3.05, 3.63) is 63.1 Å². The molecule has 25 heavy (non-hydrogen) atoms. The van der Waals surface area contributed by atoms with Gasteiger partial charge < -0.3 is 10.1 Å². The molecule has 0 aliphatic carbocycles. The molecule has 0 bridgehead atoms. The molecule has 2 aromatic rings. The van der Waals surface area contributed by atoms with Crippen LogP contribution in [-0.4, -0.2) is 11.9 Å². The van der Waals surface area contributed by atoms with Crippen LogP contribution in [0.4, 0.5) is 5.69 Å². The summed E-state index contributed by atoms with van der Waals surface area (Å²) >= 11 is 11.9. The third kappa shape index (κ3) is 3.80. The molecule has 6 heteroatoms. The largest absolute Gasteiger partial charge is 0.454 e. The summed E-state index contributed by atoms with van der Waals surface area (Å²) in [6, 6.07) is 9.88. The second kappa shape index (κ2) is 7.46. The van der Waals surface area contributed by atoms with Gasteiger partial charge in [0.25, 0.3) is 5.91 Å². The Labute approximate surface area is 156 Å². The molecule has 2 aromatic carbocycles. The highest BCUT2D eigenvalue weighted by Gasteiger charge is 2.31. The number of cyclic esters (lactones) is 1. The van der Waals surface area contributed by atoms with Gasteiger partial charge in [-0.15, -0.1) is 0 Å². The molecule has 0 aromatic heterocycles. The van der Waals surface area contributed by atoms with Gasteiger partial charge in [-0.3, -0.25) is 4.79 Å². The van der Waals surface area contributed by atoms with E-state index in [0.29, 0.717) is 26.9 Å². The van der Waals surface area contributed by atoms with E-state index in [1.165, 1.54) is 0 Å². The van der Waals surface area contributed by atoms with Gasteiger partial charge in [0.05, 0.1) is 16.3 Å². The number of halogens is 2. The van der Waals surface area contributed by atoms with Gasteiger partial charge in [0, 0.05) is 16.1 Å².